The number of amides is 3. The van der Waals surface area contributed by atoms with Crippen LogP contribution in [0.2, 0.25) is 0 Å². The second-order valence-corrected chi connectivity index (χ2v) is 5.02. The van der Waals surface area contributed by atoms with Crippen molar-refractivity contribution in [2.24, 2.45) is 11.5 Å². The van der Waals surface area contributed by atoms with E-state index in [0.717, 1.165) is 12.8 Å². The summed E-state index contributed by atoms with van der Waals surface area (Å²) in [6.07, 6.45) is 4.72. The molecule has 2 aliphatic rings. The van der Waals surface area contributed by atoms with Gasteiger partial charge in [-0.15, -0.1) is 0 Å². The average molecular weight is 240 g/mol. The smallest absolute Gasteiger partial charge is 0.318 e. The number of hydrogen-bond acceptors (Lipinski definition) is 4. The fourth-order valence-corrected chi connectivity index (χ4v) is 3.11. The zero-order valence-corrected chi connectivity index (χ0v) is 9.89. The molecule has 0 aliphatic carbocycles. The zero-order valence-electron chi connectivity index (χ0n) is 9.89. The quantitative estimate of drug-likeness (QED) is 0.620. The predicted octanol–water partition coefficient (Wildman–Crippen LogP) is -0.474. The first-order valence-electron chi connectivity index (χ1n) is 6.17. The van der Waals surface area contributed by atoms with Crippen LogP contribution < -0.4 is 16.8 Å². The molecular weight excluding hydrogens is 220 g/mol. The van der Waals surface area contributed by atoms with Crippen molar-refractivity contribution in [1.29, 1.82) is 0 Å². The standard InChI is InChI=1S/C11H20N4O2/c12-7-5-8-1-2-9(6-7)15(8)4-3-10(16)14-11(13)17/h7-9H,1-6,12H2,(H3,13,14,16,17). The summed E-state index contributed by atoms with van der Waals surface area (Å²) in [5.74, 6) is -0.299. The molecule has 0 saturated carbocycles. The Labute approximate surface area is 101 Å². The Bertz CT molecular complexity index is 307. The summed E-state index contributed by atoms with van der Waals surface area (Å²) >= 11 is 0. The van der Waals surface area contributed by atoms with Gasteiger partial charge in [0.05, 0.1) is 0 Å². The van der Waals surface area contributed by atoms with Gasteiger partial charge < -0.3 is 11.5 Å². The second kappa shape index (κ2) is 5.01. The number of nitrogens with two attached hydrogens (primary N) is 2. The third-order valence-corrected chi connectivity index (χ3v) is 3.78. The molecule has 2 aliphatic heterocycles. The molecule has 0 aromatic heterocycles. The summed E-state index contributed by atoms with van der Waals surface area (Å²) in [5.41, 5.74) is 10.9. The van der Waals surface area contributed by atoms with Gasteiger partial charge in [0.25, 0.3) is 0 Å². The lowest BCUT2D eigenvalue weighted by Gasteiger charge is -2.37. The van der Waals surface area contributed by atoms with Gasteiger partial charge >= 0.3 is 6.03 Å². The molecular formula is C11H20N4O2. The molecule has 2 unspecified atom stereocenters. The molecule has 0 spiro atoms. The molecule has 2 rings (SSSR count). The number of hydrogen-bond donors (Lipinski definition) is 3. The highest BCUT2D eigenvalue weighted by atomic mass is 16.2. The Kier molecular flexibility index (Phi) is 3.63. The van der Waals surface area contributed by atoms with E-state index in [2.05, 4.69) is 10.2 Å². The molecule has 3 amide bonds. The van der Waals surface area contributed by atoms with Gasteiger partial charge in [0, 0.05) is 31.1 Å². The van der Waals surface area contributed by atoms with Crippen molar-refractivity contribution >= 4 is 11.9 Å². The van der Waals surface area contributed by atoms with Crippen molar-refractivity contribution in [2.75, 3.05) is 6.54 Å². The van der Waals surface area contributed by atoms with Crippen LogP contribution in [-0.2, 0) is 4.79 Å². The molecule has 17 heavy (non-hydrogen) atoms. The zero-order chi connectivity index (χ0) is 12.4. The second-order valence-electron chi connectivity index (χ2n) is 5.02. The lowest BCUT2D eigenvalue weighted by molar-refractivity contribution is -0.120. The summed E-state index contributed by atoms with van der Waals surface area (Å²) in [4.78, 5) is 24.2. The topological polar surface area (TPSA) is 101 Å². The first-order chi connectivity index (χ1) is 8.06. The minimum absolute atomic E-state index is 0.299. The van der Waals surface area contributed by atoms with E-state index in [1.807, 2.05) is 0 Å². The molecule has 2 fully saturated rings. The first-order valence-corrected chi connectivity index (χ1v) is 6.17. The molecule has 2 bridgehead atoms. The summed E-state index contributed by atoms with van der Waals surface area (Å²) in [6.45, 7) is 0.696. The van der Waals surface area contributed by atoms with Crippen LogP contribution in [0.25, 0.3) is 0 Å². The SMILES string of the molecule is NC(=O)NC(=O)CCN1C2CCC1CC(N)C2. The molecule has 0 radical (unpaired) electrons. The molecule has 0 aromatic rings. The van der Waals surface area contributed by atoms with E-state index >= 15 is 0 Å². The van der Waals surface area contributed by atoms with Gasteiger partial charge in [-0.05, 0) is 25.7 Å². The number of carbonyl (C=O) groups is 2. The Morgan fingerprint density at radius 2 is 1.82 bits per heavy atom. The molecule has 96 valence electrons. The van der Waals surface area contributed by atoms with E-state index in [4.69, 9.17) is 11.5 Å². The fraction of sp³-hybridized carbons (Fsp3) is 0.818. The number of nitrogens with zero attached hydrogens (tertiary/aromatic N) is 1. The van der Waals surface area contributed by atoms with Crippen LogP contribution in [0.5, 0.6) is 0 Å². The maximum Gasteiger partial charge on any atom is 0.318 e. The number of primary amides is 1. The monoisotopic (exact) mass is 240 g/mol. The number of piperidine rings is 1. The molecule has 6 nitrogen and oxygen atoms in total. The predicted molar refractivity (Wildman–Crippen MR) is 63.1 cm³/mol. The minimum atomic E-state index is -0.779. The number of urea groups is 1. The highest BCUT2D eigenvalue weighted by molar-refractivity contribution is 5.93. The maximum atomic E-state index is 11.3. The summed E-state index contributed by atoms with van der Waals surface area (Å²) in [5, 5.41) is 2.09. The van der Waals surface area contributed by atoms with Crippen molar-refractivity contribution < 1.29 is 9.59 Å². The molecule has 0 aromatic carbocycles. The van der Waals surface area contributed by atoms with Crippen molar-refractivity contribution in [2.45, 2.75) is 50.2 Å². The van der Waals surface area contributed by atoms with Crippen LogP contribution >= 0.6 is 0 Å². The number of fused-ring (bicyclic) bond motifs is 2. The Morgan fingerprint density at radius 1 is 1.24 bits per heavy atom. The largest absolute Gasteiger partial charge is 0.351 e. The lowest BCUT2D eigenvalue weighted by atomic mass is 9.98. The number of imide groups is 1. The van der Waals surface area contributed by atoms with Crippen molar-refractivity contribution in [3.05, 3.63) is 0 Å². The van der Waals surface area contributed by atoms with Crippen LogP contribution in [0.1, 0.15) is 32.1 Å². The number of rotatable bonds is 3. The maximum absolute atomic E-state index is 11.3. The van der Waals surface area contributed by atoms with E-state index in [1.165, 1.54) is 12.8 Å². The molecule has 2 heterocycles. The summed E-state index contributed by atoms with van der Waals surface area (Å²) in [7, 11) is 0. The Balaban J connectivity index is 1.80. The van der Waals surface area contributed by atoms with E-state index in [1.54, 1.807) is 0 Å². The third kappa shape index (κ3) is 2.95. The van der Waals surface area contributed by atoms with Crippen LogP contribution in [0, 0.1) is 0 Å². The fourth-order valence-electron chi connectivity index (χ4n) is 3.11. The van der Waals surface area contributed by atoms with E-state index in [9.17, 15) is 9.59 Å². The Morgan fingerprint density at radius 3 is 2.35 bits per heavy atom. The van der Waals surface area contributed by atoms with Crippen molar-refractivity contribution in [3.8, 4) is 0 Å². The van der Waals surface area contributed by atoms with Crippen LogP contribution in [0.4, 0.5) is 4.79 Å². The molecule has 6 heteroatoms. The summed E-state index contributed by atoms with van der Waals surface area (Å²) in [6, 6.07) is 0.567. The van der Waals surface area contributed by atoms with E-state index in [0.29, 0.717) is 31.1 Å². The van der Waals surface area contributed by atoms with Crippen molar-refractivity contribution in [1.82, 2.24) is 10.2 Å². The van der Waals surface area contributed by atoms with Gasteiger partial charge in [-0.25, -0.2) is 4.79 Å². The van der Waals surface area contributed by atoms with Gasteiger partial charge in [-0.1, -0.05) is 0 Å². The first kappa shape index (κ1) is 12.3. The van der Waals surface area contributed by atoms with Crippen LogP contribution in [-0.4, -0.2) is 41.5 Å². The highest BCUT2D eigenvalue weighted by Crippen LogP contribution is 2.34. The van der Waals surface area contributed by atoms with Gasteiger partial charge in [-0.3, -0.25) is 15.0 Å². The molecule has 2 atom stereocenters. The molecule has 5 N–H and O–H groups in total. The Hall–Kier alpha value is -1.14. The minimum Gasteiger partial charge on any atom is -0.351 e. The third-order valence-electron chi connectivity index (χ3n) is 3.78. The number of carbonyl (C=O) groups excluding carboxylic acids is 2. The van der Waals surface area contributed by atoms with Gasteiger partial charge in [0.2, 0.25) is 5.91 Å². The average Bonchev–Trinajstić information content (AvgIpc) is 2.45. The molecule has 2 saturated heterocycles. The van der Waals surface area contributed by atoms with Gasteiger partial charge in [0.15, 0.2) is 0 Å². The summed E-state index contributed by atoms with van der Waals surface area (Å²) < 4.78 is 0. The highest BCUT2D eigenvalue weighted by Gasteiger charge is 2.39. The lowest BCUT2D eigenvalue weighted by Crippen LogP contribution is -2.48. The van der Waals surface area contributed by atoms with Crippen LogP contribution in [0.15, 0.2) is 0 Å². The van der Waals surface area contributed by atoms with Gasteiger partial charge in [-0.2, -0.15) is 0 Å². The van der Waals surface area contributed by atoms with E-state index in [-0.39, 0.29) is 5.91 Å². The van der Waals surface area contributed by atoms with Crippen molar-refractivity contribution in [3.63, 3.8) is 0 Å². The van der Waals surface area contributed by atoms with Gasteiger partial charge in [0.1, 0.15) is 0 Å². The van der Waals surface area contributed by atoms with Crippen LogP contribution in [0.3, 0.4) is 0 Å². The number of nitrogens with one attached hydrogen (secondary N) is 1. The van der Waals surface area contributed by atoms with E-state index < -0.39 is 6.03 Å². The normalized spacial score (nSPS) is 32.4.